The number of nitrogens with zero attached hydrogens (tertiary/aromatic N) is 3. The topological polar surface area (TPSA) is 84.3 Å². The number of rotatable bonds is 5. The summed E-state index contributed by atoms with van der Waals surface area (Å²) in [4.78, 5) is 16.5. The molecule has 0 radical (unpaired) electrons. The molecule has 8 heteroatoms. The van der Waals surface area contributed by atoms with Crippen LogP contribution in [0.1, 0.15) is 26.5 Å². The zero-order valence-electron chi connectivity index (χ0n) is 14.3. The lowest BCUT2D eigenvalue weighted by molar-refractivity contribution is 0.333. The van der Waals surface area contributed by atoms with Gasteiger partial charge in [-0.05, 0) is 24.3 Å². The number of anilines is 1. The average molecular weight is 362 g/mol. The highest BCUT2D eigenvalue weighted by atomic mass is 35.5. The minimum atomic E-state index is -0.289. The van der Waals surface area contributed by atoms with Crippen LogP contribution < -0.4 is 15.7 Å². The van der Waals surface area contributed by atoms with Gasteiger partial charge in [0, 0.05) is 16.6 Å². The normalized spacial score (nSPS) is 11.7. The van der Waals surface area contributed by atoms with E-state index in [1.165, 1.54) is 4.40 Å². The molecule has 0 bridgehead atoms. The largest absolute Gasteiger partial charge is 0.492 e. The van der Waals surface area contributed by atoms with Gasteiger partial charge in [-0.15, -0.1) is 5.10 Å². The Labute approximate surface area is 150 Å². The van der Waals surface area contributed by atoms with Crippen molar-refractivity contribution in [3.05, 3.63) is 51.7 Å². The van der Waals surface area contributed by atoms with Crippen LogP contribution >= 0.6 is 11.6 Å². The number of benzene rings is 1. The summed E-state index contributed by atoms with van der Waals surface area (Å²) >= 11 is 5.85. The molecule has 0 atom stereocenters. The van der Waals surface area contributed by atoms with Crippen molar-refractivity contribution in [3.8, 4) is 5.75 Å². The SMILES string of the molecule is CC(C)(C)c1cn2c(=O)[nH]nc2c(NCCOc2ccc(Cl)cc2)n1. The van der Waals surface area contributed by atoms with E-state index >= 15 is 0 Å². The van der Waals surface area contributed by atoms with Crippen LogP contribution in [0.4, 0.5) is 5.82 Å². The van der Waals surface area contributed by atoms with Crippen LogP contribution in [0, 0.1) is 0 Å². The minimum Gasteiger partial charge on any atom is -0.492 e. The number of halogens is 1. The minimum absolute atomic E-state index is 0.193. The Morgan fingerprint density at radius 1 is 1.28 bits per heavy atom. The molecule has 7 nitrogen and oxygen atoms in total. The smallest absolute Gasteiger partial charge is 0.347 e. The van der Waals surface area contributed by atoms with Crippen LogP contribution in [0.25, 0.3) is 5.65 Å². The first kappa shape index (κ1) is 17.3. The molecule has 0 fully saturated rings. The van der Waals surface area contributed by atoms with Gasteiger partial charge in [-0.2, -0.15) is 0 Å². The second kappa shape index (κ2) is 6.76. The molecule has 2 aromatic heterocycles. The maximum absolute atomic E-state index is 11.9. The molecule has 0 unspecified atom stereocenters. The van der Waals surface area contributed by atoms with Crippen molar-refractivity contribution in [3.63, 3.8) is 0 Å². The molecule has 2 heterocycles. The number of hydrogen-bond acceptors (Lipinski definition) is 5. The van der Waals surface area contributed by atoms with Crippen molar-refractivity contribution in [1.29, 1.82) is 0 Å². The lowest BCUT2D eigenvalue weighted by Crippen LogP contribution is -2.20. The first-order valence-electron chi connectivity index (χ1n) is 7.95. The van der Waals surface area contributed by atoms with E-state index in [1.54, 1.807) is 18.3 Å². The first-order chi connectivity index (χ1) is 11.8. The first-order valence-corrected chi connectivity index (χ1v) is 8.33. The second-order valence-corrected chi connectivity index (χ2v) is 7.11. The molecule has 132 valence electrons. The summed E-state index contributed by atoms with van der Waals surface area (Å²) in [6.45, 7) is 7.07. The zero-order chi connectivity index (χ0) is 18.0. The van der Waals surface area contributed by atoms with Gasteiger partial charge in [0.2, 0.25) is 5.65 Å². The molecule has 0 saturated carbocycles. The van der Waals surface area contributed by atoms with E-state index in [1.807, 2.05) is 32.9 Å². The predicted octanol–water partition coefficient (Wildman–Crippen LogP) is 2.86. The fraction of sp³-hybridized carbons (Fsp3) is 0.353. The standard InChI is InChI=1S/C17H20ClN5O2/c1-17(2,3)13-10-23-15(21-22-16(23)24)14(20-13)19-8-9-25-12-6-4-11(18)5-7-12/h4-7,10H,8-9H2,1-3H3,(H,19,20)(H,22,24). The van der Waals surface area contributed by atoms with Gasteiger partial charge < -0.3 is 10.1 Å². The van der Waals surface area contributed by atoms with Crippen LogP contribution in [0.3, 0.4) is 0 Å². The number of aromatic amines is 1. The molecular formula is C17H20ClN5O2. The average Bonchev–Trinajstić information content (AvgIpc) is 2.94. The Kier molecular flexibility index (Phi) is 4.67. The summed E-state index contributed by atoms with van der Waals surface area (Å²) in [6, 6.07) is 7.18. The van der Waals surface area contributed by atoms with E-state index in [4.69, 9.17) is 16.3 Å². The quantitative estimate of drug-likeness (QED) is 0.682. The second-order valence-electron chi connectivity index (χ2n) is 6.68. The van der Waals surface area contributed by atoms with Gasteiger partial charge in [-0.3, -0.25) is 0 Å². The maximum Gasteiger partial charge on any atom is 0.347 e. The summed E-state index contributed by atoms with van der Waals surface area (Å²) in [7, 11) is 0. The van der Waals surface area contributed by atoms with Gasteiger partial charge >= 0.3 is 5.69 Å². The van der Waals surface area contributed by atoms with E-state index in [0.717, 1.165) is 11.4 Å². The van der Waals surface area contributed by atoms with Crippen molar-refractivity contribution in [2.24, 2.45) is 0 Å². The highest BCUT2D eigenvalue weighted by Crippen LogP contribution is 2.22. The molecule has 3 aromatic rings. The van der Waals surface area contributed by atoms with Gasteiger partial charge in [-0.1, -0.05) is 32.4 Å². The van der Waals surface area contributed by atoms with E-state index < -0.39 is 0 Å². The molecule has 0 aliphatic carbocycles. The van der Waals surface area contributed by atoms with E-state index in [2.05, 4.69) is 20.5 Å². The third kappa shape index (κ3) is 3.93. The van der Waals surface area contributed by atoms with Gasteiger partial charge in [0.05, 0.1) is 12.2 Å². The molecule has 25 heavy (non-hydrogen) atoms. The van der Waals surface area contributed by atoms with Crippen molar-refractivity contribution in [2.75, 3.05) is 18.5 Å². The van der Waals surface area contributed by atoms with E-state index in [9.17, 15) is 4.79 Å². The molecule has 0 spiro atoms. The van der Waals surface area contributed by atoms with Crippen LogP contribution in [-0.4, -0.2) is 32.7 Å². The number of fused-ring (bicyclic) bond motifs is 1. The lowest BCUT2D eigenvalue weighted by atomic mass is 9.93. The number of nitrogens with one attached hydrogen (secondary N) is 2. The number of hydrogen-bond donors (Lipinski definition) is 2. The number of H-pyrrole nitrogens is 1. The van der Waals surface area contributed by atoms with Gasteiger partial charge in [0.25, 0.3) is 0 Å². The molecule has 1 aromatic carbocycles. The lowest BCUT2D eigenvalue weighted by Gasteiger charge is -2.19. The van der Waals surface area contributed by atoms with Crippen molar-refractivity contribution < 1.29 is 4.74 Å². The van der Waals surface area contributed by atoms with E-state index in [0.29, 0.717) is 29.6 Å². The summed E-state index contributed by atoms with van der Waals surface area (Å²) in [5.74, 6) is 1.29. The van der Waals surface area contributed by atoms with Crippen LogP contribution in [0.2, 0.25) is 5.02 Å². The Morgan fingerprint density at radius 3 is 2.68 bits per heavy atom. The molecule has 0 aliphatic rings. The molecule has 0 saturated heterocycles. The van der Waals surface area contributed by atoms with Gasteiger partial charge in [0.1, 0.15) is 12.4 Å². The Bertz CT molecular complexity index is 925. The summed E-state index contributed by atoms with van der Waals surface area (Å²) in [5.41, 5.74) is 0.777. The van der Waals surface area contributed by atoms with Crippen molar-refractivity contribution >= 4 is 23.1 Å². The van der Waals surface area contributed by atoms with Crippen LogP contribution in [0.15, 0.2) is 35.3 Å². The van der Waals surface area contributed by atoms with E-state index in [-0.39, 0.29) is 11.1 Å². The molecular weight excluding hydrogens is 342 g/mol. The third-order valence-corrected chi connectivity index (χ3v) is 3.90. The monoisotopic (exact) mass is 361 g/mol. The Hall–Kier alpha value is -2.54. The summed E-state index contributed by atoms with van der Waals surface area (Å²) < 4.78 is 7.12. The van der Waals surface area contributed by atoms with Crippen molar-refractivity contribution in [1.82, 2.24) is 19.6 Å². The van der Waals surface area contributed by atoms with Crippen LogP contribution in [0.5, 0.6) is 5.75 Å². The van der Waals surface area contributed by atoms with Crippen LogP contribution in [-0.2, 0) is 5.41 Å². The summed E-state index contributed by atoms with van der Waals surface area (Å²) in [5, 5.41) is 10.3. The number of aromatic nitrogens is 4. The Balaban J connectivity index is 1.74. The van der Waals surface area contributed by atoms with Gasteiger partial charge in [-0.25, -0.2) is 19.3 Å². The zero-order valence-corrected chi connectivity index (χ0v) is 15.1. The Morgan fingerprint density at radius 2 is 2.00 bits per heavy atom. The fourth-order valence-corrected chi connectivity index (χ4v) is 2.39. The van der Waals surface area contributed by atoms with Gasteiger partial charge in [0.15, 0.2) is 5.82 Å². The molecule has 0 aliphatic heterocycles. The van der Waals surface area contributed by atoms with Crippen molar-refractivity contribution in [2.45, 2.75) is 26.2 Å². The molecule has 2 N–H and O–H groups in total. The highest BCUT2D eigenvalue weighted by molar-refractivity contribution is 6.30. The fourth-order valence-electron chi connectivity index (χ4n) is 2.26. The maximum atomic E-state index is 11.9. The number of ether oxygens (including phenoxy) is 1. The summed E-state index contributed by atoms with van der Waals surface area (Å²) in [6.07, 6.45) is 1.72. The molecule has 3 rings (SSSR count). The predicted molar refractivity (Wildman–Crippen MR) is 97.7 cm³/mol. The highest BCUT2D eigenvalue weighted by Gasteiger charge is 2.19. The molecule has 0 amide bonds. The third-order valence-electron chi connectivity index (χ3n) is 3.65.